The van der Waals surface area contributed by atoms with E-state index in [-0.39, 0.29) is 0 Å². The zero-order chi connectivity index (χ0) is 12.2. The molecule has 0 aromatic heterocycles. The standard InChI is InChI=1S/C12H19NO3/c1-12(14,4-5-13)9-6-10(15-2)8-11(7-9)16-3/h6-8,14H,4-5,13H2,1-3H3. The van der Waals surface area contributed by atoms with Crippen LogP contribution in [0.5, 0.6) is 11.5 Å². The van der Waals surface area contributed by atoms with Gasteiger partial charge in [-0.05, 0) is 37.6 Å². The van der Waals surface area contributed by atoms with Crippen LogP contribution in [-0.4, -0.2) is 25.9 Å². The molecule has 3 N–H and O–H groups in total. The zero-order valence-electron chi connectivity index (χ0n) is 9.99. The number of benzene rings is 1. The van der Waals surface area contributed by atoms with Crippen molar-refractivity contribution in [2.75, 3.05) is 20.8 Å². The maximum absolute atomic E-state index is 10.2. The topological polar surface area (TPSA) is 64.7 Å². The lowest BCUT2D eigenvalue weighted by Gasteiger charge is -2.24. The van der Waals surface area contributed by atoms with Crippen molar-refractivity contribution in [1.82, 2.24) is 0 Å². The van der Waals surface area contributed by atoms with Gasteiger partial charge in [-0.2, -0.15) is 0 Å². The second-order valence-corrected chi connectivity index (χ2v) is 3.91. The van der Waals surface area contributed by atoms with Gasteiger partial charge in [-0.15, -0.1) is 0 Å². The van der Waals surface area contributed by atoms with Gasteiger partial charge in [0.25, 0.3) is 0 Å². The van der Waals surface area contributed by atoms with Crippen molar-refractivity contribution in [3.05, 3.63) is 23.8 Å². The first kappa shape index (κ1) is 12.8. The van der Waals surface area contributed by atoms with Gasteiger partial charge >= 0.3 is 0 Å². The number of methoxy groups -OCH3 is 2. The Labute approximate surface area is 96.0 Å². The molecule has 4 nitrogen and oxygen atoms in total. The molecule has 16 heavy (non-hydrogen) atoms. The van der Waals surface area contributed by atoms with E-state index in [1.54, 1.807) is 39.3 Å². The van der Waals surface area contributed by atoms with Crippen LogP contribution in [-0.2, 0) is 5.60 Å². The van der Waals surface area contributed by atoms with Crippen molar-refractivity contribution in [3.8, 4) is 11.5 Å². The molecule has 0 aliphatic carbocycles. The largest absolute Gasteiger partial charge is 0.497 e. The molecule has 0 spiro atoms. The molecular formula is C12H19NO3. The molecule has 4 heteroatoms. The maximum atomic E-state index is 10.2. The van der Waals surface area contributed by atoms with Gasteiger partial charge in [-0.1, -0.05) is 0 Å². The van der Waals surface area contributed by atoms with Crippen molar-refractivity contribution in [1.29, 1.82) is 0 Å². The van der Waals surface area contributed by atoms with Crippen molar-refractivity contribution in [2.24, 2.45) is 5.73 Å². The van der Waals surface area contributed by atoms with E-state index in [0.29, 0.717) is 24.5 Å². The van der Waals surface area contributed by atoms with Gasteiger partial charge in [0, 0.05) is 6.07 Å². The molecule has 0 saturated carbocycles. The number of aliphatic hydroxyl groups is 1. The molecule has 0 bridgehead atoms. The molecular weight excluding hydrogens is 206 g/mol. The van der Waals surface area contributed by atoms with Crippen LogP contribution in [0, 0.1) is 0 Å². The molecule has 90 valence electrons. The van der Waals surface area contributed by atoms with Crippen LogP contribution in [0.4, 0.5) is 0 Å². The Morgan fingerprint density at radius 1 is 1.19 bits per heavy atom. The lowest BCUT2D eigenvalue weighted by molar-refractivity contribution is 0.0499. The van der Waals surface area contributed by atoms with E-state index in [2.05, 4.69) is 0 Å². The van der Waals surface area contributed by atoms with E-state index in [1.807, 2.05) is 0 Å². The minimum absolute atomic E-state index is 0.423. The van der Waals surface area contributed by atoms with Gasteiger partial charge < -0.3 is 20.3 Å². The van der Waals surface area contributed by atoms with Crippen LogP contribution in [0.3, 0.4) is 0 Å². The predicted molar refractivity (Wildman–Crippen MR) is 62.8 cm³/mol. The first-order chi connectivity index (χ1) is 7.53. The normalized spacial score (nSPS) is 14.3. The van der Waals surface area contributed by atoms with E-state index >= 15 is 0 Å². The van der Waals surface area contributed by atoms with Crippen LogP contribution in [0.15, 0.2) is 18.2 Å². The minimum atomic E-state index is -0.962. The van der Waals surface area contributed by atoms with E-state index in [0.717, 1.165) is 5.56 Å². The van der Waals surface area contributed by atoms with Gasteiger partial charge in [-0.25, -0.2) is 0 Å². The molecule has 1 aromatic carbocycles. The van der Waals surface area contributed by atoms with Crippen molar-refractivity contribution >= 4 is 0 Å². The first-order valence-electron chi connectivity index (χ1n) is 5.19. The lowest BCUT2D eigenvalue weighted by atomic mass is 9.92. The molecule has 0 radical (unpaired) electrons. The molecule has 1 atom stereocenters. The second-order valence-electron chi connectivity index (χ2n) is 3.91. The zero-order valence-corrected chi connectivity index (χ0v) is 9.99. The average molecular weight is 225 g/mol. The Morgan fingerprint density at radius 3 is 2.06 bits per heavy atom. The van der Waals surface area contributed by atoms with Crippen LogP contribution in [0.25, 0.3) is 0 Å². The summed E-state index contributed by atoms with van der Waals surface area (Å²) in [7, 11) is 3.16. The number of hydrogen-bond donors (Lipinski definition) is 2. The van der Waals surface area contributed by atoms with Crippen LogP contribution in [0.2, 0.25) is 0 Å². The Bertz CT molecular complexity index is 328. The maximum Gasteiger partial charge on any atom is 0.122 e. The molecule has 0 heterocycles. The van der Waals surface area contributed by atoms with Gasteiger partial charge in [0.2, 0.25) is 0 Å². The van der Waals surface area contributed by atoms with Crippen molar-refractivity contribution < 1.29 is 14.6 Å². The SMILES string of the molecule is COc1cc(OC)cc(C(C)(O)CCN)c1. The first-order valence-corrected chi connectivity index (χ1v) is 5.19. The number of rotatable bonds is 5. The highest BCUT2D eigenvalue weighted by atomic mass is 16.5. The number of ether oxygens (including phenoxy) is 2. The van der Waals surface area contributed by atoms with E-state index in [4.69, 9.17) is 15.2 Å². The summed E-state index contributed by atoms with van der Waals surface area (Å²) in [4.78, 5) is 0. The van der Waals surface area contributed by atoms with Gasteiger partial charge in [0.1, 0.15) is 11.5 Å². The summed E-state index contributed by atoms with van der Waals surface area (Å²) in [5, 5.41) is 10.2. The summed E-state index contributed by atoms with van der Waals surface area (Å²) in [5.41, 5.74) is 5.25. The summed E-state index contributed by atoms with van der Waals surface area (Å²) >= 11 is 0. The smallest absolute Gasteiger partial charge is 0.122 e. The summed E-state index contributed by atoms with van der Waals surface area (Å²) in [5.74, 6) is 1.32. The summed E-state index contributed by atoms with van der Waals surface area (Å²) in [6.07, 6.45) is 0.489. The fourth-order valence-corrected chi connectivity index (χ4v) is 1.54. The third-order valence-corrected chi connectivity index (χ3v) is 2.60. The van der Waals surface area contributed by atoms with Crippen molar-refractivity contribution in [3.63, 3.8) is 0 Å². The summed E-state index contributed by atoms with van der Waals surface area (Å²) < 4.78 is 10.3. The van der Waals surface area contributed by atoms with Crippen molar-refractivity contribution in [2.45, 2.75) is 18.9 Å². The highest BCUT2D eigenvalue weighted by molar-refractivity contribution is 5.40. The number of hydrogen-bond acceptors (Lipinski definition) is 4. The third kappa shape index (κ3) is 2.87. The van der Waals surface area contributed by atoms with Gasteiger partial charge in [0.15, 0.2) is 0 Å². The molecule has 0 aliphatic rings. The molecule has 1 rings (SSSR count). The second kappa shape index (κ2) is 5.18. The quantitative estimate of drug-likeness (QED) is 0.791. The average Bonchev–Trinajstić information content (AvgIpc) is 2.28. The summed E-state index contributed by atoms with van der Waals surface area (Å²) in [6, 6.07) is 5.35. The molecule has 0 fully saturated rings. The highest BCUT2D eigenvalue weighted by Gasteiger charge is 2.23. The van der Waals surface area contributed by atoms with Crippen LogP contribution >= 0.6 is 0 Å². The number of nitrogens with two attached hydrogens (primary N) is 1. The van der Waals surface area contributed by atoms with Gasteiger partial charge in [0.05, 0.1) is 19.8 Å². The van der Waals surface area contributed by atoms with Gasteiger partial charge in [-0.3, -0.25) is 0 Å². The molecule has 1 aromatic rings. The Balaban J connectivity index is 3.11. The van der Waals surface area contributed by atoms with E-state index < -0.39 is 5.60 Å². The van der Waals surface area contributed by atoms with Crippen LogP contribution in [0.1, 0.15) is 18.9 Å². The van der Waals surface area contributed by atoms with E-state index in [9.17, 15) is 5.11 Å². The lowest BCUT2D eigenvalue weighted by Crippen LogP contribution is -2.25. The monoisotopic (exact) mass is 225 g/mol. The summed E-state index contributed by atoms with van der Waals surface area (Å²) in [6.45, 7) is 2.15. The fourth-order valence-electron chi connectivity index (χ4n) is 1.54. The molecule has 0 amide bonds. The molecule has 0 saturated heterocycles. The minimum Gasteiger partial charge on any atom is -0.497 e. The Morgan fingerprint density at radius 2 is 1.69 bits per heavy atom. The fraction of sp³-hybridized carbons (Fsp3) is 0.500. The Hall–Kier alpha value is -1.26. The molecule has 0 aliphatic heterocycles. The highest BCUT2D eigenvalue weighted by Crippen LogP contribution is 2.31. The Kier molecular flexibility index (Phi) is 4.15. The molecule has 1 unspecified atom stereocenters. The predicted octanol–water partition coefficient (Wildman–Crippen LogP) is 1.26. The van der Waals surface area contributed by atoms with Crippen LogP contribution < -0.4 is 15.2 Å². The van der Waals surface area contributed by atoms with E-state index in [1.165, 1.54) is 0 Å². The third-order valence-electron chi connectivity index (χ3n) is 2.60.